The van der Waals surface area contributed by atoms with Gasteiger partial charge in [0.1, 0.15) is 5.82 Å². The maximum atomic E-state index is 13.3. The molecule has 9 heteroatoms. The summed E-state index contributed by atoms with van der Waals surface area (Å²) in [5.74, 6) is 0.100. The Balaban J connectivity index is 1.40. The van der Waals surface area contributed by atoms with E-state index in [9.17, 15) is 9.18 Å². The quantitative estimate of drug-likeness (QED) is 0.789. The Bertz CT molecular complexity index is 806. The van der Waals surface area contributed by atoms with Crippen LogP contribution in [0.4, 0.5) is 15.9 Å². The number of hydrogen-bond donors (Lipinski definition) is 0. The number of anilines is 2. The van der Waals surface area contributed by atoms with E-state index in [2.05, 4.69) is 25.0 Å². The van der Waals surface area contributed by atoms with Gasteiger partial charge in [0.25, 0.3) is 5.91 Å². The second kappa shape index (κ2) is 7.83. The van der Waals surface area contributed by atoms with Crippen LogP contribution in [0, 0.1) is 5.82 Å². The number of ether oxygens (including phenoxy) is 1. The molecule has 8 nitrogen and oxygen atoms in total. The van der Waals surface area contributed by atoms with Gasteiger partial charge in [-0.1, -0.05) is 0 Å². The first-order valence-electron chi connectivity index (χ1n) is 9.01. The number of nitrogens with zero attached hydrogens (tertiary/aromatic N) is 6. The van der Waals surface area contributed by atoms with Crippen molar-refractivity contribution in [1.29, 1.82) is 0 Å². The smallest absolute Gasteiger partial charge is 0.255 e. The van der Waals surface area contributed by atoms with Crippen LogP contribution in [-0.2, 0) is 4.74 Å². The number of carbonyl (C=O) groups excluding carboxylic acids is 1. The molecule has 2 aliphatic rings. The summed E-state index contributed by atoms with van der Waals surface area (Å²) in [5.41, 5.74) is 1.31. The fourth-order valence-corrected chi connectivity index (χ4v) is 3.34. The summed E-state index contributed by atoms with van der Waals surface area (Å²) in [6, 6.07) is 3.26. The number of pyridine rings is 1. The van der Waals surface area contributed by atoms with Crippen molar-refractivity contribution in [3.63, 3.8) is 0 Å². The average Bonchev–Trinajstić information content (AvgIpc) is 2.74. The first-order valence-corrected chi connectivity index (χ1v) is 9.01. The molecule has 0 unspecified atom stereocenters. The molecule has 0 N–H and O–H groups in total. The van der Waals surface area contributed by atoms with E-state index < -0.39 is 5.82 Å². The minimum atomic E-state index is -0.505. The van der Waals surface area contributed by atoms with Crippen LogP contribution in [0.3, 0.4) is 0 Å². The monoisotopic (exact) mass is 372 g/mol. The highest BCUT2D eigenvalue weighted by molar-refractivity contribution is 5.94. The van der Waals surface area contributed by atoms with Gasteiger partial charge >= 0.3 is 0 Å². The van der Waals surface area contributed by atoms with Crippen molar-refractivity contribution in [2.45, 2.75) is 0 Å². The zero-order chi connectivity index (χ0) is 18.6. The van der Waals surface area contributed by atoms with Crippen LogP contribution in [-0.4, -0.2) is 78.5 Å². The normalized spacial score (nSPS) is 17.9. The summed E-state index contributed by atoms with van der Waals surface area (Å²) >= 11 is 0. The number of hydrogen-bond acceptors (Lipinski definition) is 7. The molecular weight excluding hydrogens is 351 g/mol. The molecule has 1 amide bonds. The molecule has 2 aliphatic heterocycles. The van der Waals surface area contributed by atoms with Crippen molar-refractivity contribution < 1.29 is 13.9 Å². The predicted molar refractivity (Wildman–Crippen MR) is 97.4 cm³/mol. The van der Waals surface area contributed by atoms with E-state index in [1.807, 2.05) is 6.07 Å². The van der Waals surface area contributed by atoms with E-state index in [4.69, 9.17) is 4.74 Å². The summed E-state index contributed by atoms with van der Waals surface area (Å²) in [4.78, 5) is 22.3. The lowest BCUT2D eigenvalue weighted by molar-refractivity contribution is 0.0745. The fraction of sp³-hybridized carbons (Fsp3) is 0.444. The number of amides is 1. The lowest BCUT2D eigenvalue weighted by Crippen LogP contribution is -2.49. The molecule has 0 radical (unpaired) electrons. The van der Waals surface area contributed by atoms with Gasteiger partial charge in [0.05, 0.1) is 36.9 Å². The largest absolute Gasteiger partial charge is 0.378 e. The van der Waals surface area contributed by atoms with Gasteiger partial charge in [-0.25, -0.2) is 4.39 Å². The van der Waals surface area contributed by atoms with Crippen LogP contribution in [0.1, 0.15) is 10.4 Å². The van der Waals surface area contributed by atoms with E-state index in [-0.39, 0.29) is 11.5 Å². The fourth-order valence-electron chi connectivity index (χ4n) is 3.34. The molecule has 4 heterocycles. The first-order chi connectivity index (χ1) is 13.2. The lowest BCUT2D eigenvalue weighted by Gasteiger charge is -2.35. The summed E-state index contributed by atoms with van der Waals surface area (Å²) in [6.45, 7) is 5.49. The molecule has 0 atom stereocenters. The van der Waals surface area contributed by atoms with Crippen LogP contribution in [0.2, 0.25) is 0 Å². The number of carbonyl (C=O) groups is 1. The maximum absolute atomic E-state index is 13.3. The Morgan fingerprint density at radius 2 is 1.74 bits per heavy atom. The number of halogens is 1. The van der Waals surface area contributed by atoms with Gasteiger partial charge in [0.2, 0.25) is 0 Å². The number of piperazine rings is 1. The maximum Gasteiger partial charge on any atom is 0.255 e. The molecule has 0 bridgehead atoms. The molecule has 142 valence electrons. The van der Waals surface area contributed by atoms with E-state index >= 15 is 0 Å². The molecule has 4 rings (SSSR count). The summed E-state index contributed by atoms with van der Waals surface area (Å²) in [7, 11) is 0. The van der Waals surface area contributed by atoms with Crippen molar-refractivity contribution >= 4 is 17.4 Å². The van der Waals surface area contributed by atoms with Gasteiger partial charge in [-0.2, -0.15) is 5.10 Å². The first kappa shape index (κ1) is 17.6. The third-order valence-corrected chi connectivity index (χ3v) is 4.85. The Hall–Kier alpha value is -2.81. The third kappa shape index (κ3) is 3.97. The second-order valence-corrected chi connectivity index (χ2v) is 6.54. The van der Waals surface area contributed by atoms with Crippen molar-refractivity contribution in [3.05, 3.63) is 42.1 Å². The van der Waals surface area contributed by atoms with Crippen LogP contribution in [0.15, 0.2) is 30.7 Å². The topological polar surface area (TPSA) is 74.7 Å². The predicted octanol–water partition coefficient (Wildman–Crippen LogP) is 0.810. The van der Waals surface area contributed by atoms with Crippen molar-refractivity contribution in [1.82, 2.24) is 20.1 Å². The van der Waals surface area contributed by atoms with Crippen LogP contribution >= 0.6 is 0 Å². The van der Waals surface area contributed by atoms with Gasteiger partial charge in [-0.15, -0.1) is 5.10 Å². The zero-order valence-corrected chi connectivity index (χ0v) is 14.9. The summed E-state index contributed by atoms with van der Waals surface area (Å²) in [5, 5.41) is 8.39. The zero-order valence-electron chi connectivity index (χ0n) is 14.9. The van der Waals surface area contributed by atoms with Gasteiger partial charge in [-0.05, 0) is 6.07 Å². The van der Waals surface area contributed by atoms with Gasteiger partial charge in [0.15, 0.2) is 5.82 Å². The lowest BCUT2D eigenvalue weighted by atomic mass is 10.2. The number of aromatic nitrogens is 3. The number of rotatable bonds is 3. The van der Waals surface area contributed by atoms with E-state index in [0.717, 1.165) is 30.8 Å². The molecule has 0 aliphatic carbocycles. The minimum absolute atomic E-state index is 0.199. The Kier molecular flexibility index (Phi) is 5.10. The van der Waals surface area contributed by atoms with Gasteiger partial charge in [0, 0.05) is 51.5 Å². The molecule has 0 spiro atoms. The van der Waals surface area contributed by atoms with E-state index in [1.165, 1.54) is 12.3 Å². The molecule has 2 fully saturated rings. The van der Waals surface area contributed by atoms with E-state index in [0.29, 0.717) is 39.4 Å². The number of morpholine rings is 1. The van der Waals surface area contributed by atoms with Crippen molar-refractivity contribution in [3.8, 4) is 0 Å². The summed E-state index contributed by atoms with van der Waals surface area (Å²) < 4.78 is 18.7. The highest BCUT2D eigenvalue weighted by Crippen LogP contribution is 2.21. The highest BCUT2D eigenvalue weighted by atomic mass is 19.1. The van der Waals surface area contributed by atoms with Crippen molar-refractivity contribution in [2.75, 3.05) is 62.3 Å². The minimum Gasteiger partial charge on any atom is -0.378 e. The molecule has 0 aromatic carbocycles. The molecule has 2 aromatic heterocycles. The average molecular weight is 372 g/mol. The van der Waals surface area contributed by atoms with Gasteiger partial charge < -0.3 is 19.4 Å². The molecule has 0 saturated carbocycles. The van der Waals surface area contributed by atoms with E-state index in [1.54, 1.807) is 11.1 Å². The Labute approximate surface area is 156 Å². The highest BCUT2D eigenvalue weighted by Gasteiger charge is 2.24. The third-order valence-electron chi connectivity index (χ3n) is 4.85. The Morgan fingerprint density at radius 1 is 0.963 bits per heavy atom. The molecule has 27 heavy (non-hydrogen) atoms. The Morgan fingerprint density at radius 3 is 2.48 bits per heavy atom. The summed E-state index contributed by atoms with van der Waals surface area (Å²) in [6.07, 6.45) is 4.26. The SMILES string of the molecule is O=C(c1cncc(F)c1)N1CCN(c2cc(N3CCOCC3)cnn2)CC1. The van der Waals surface area contributed by atoms with Gasteiger partial charge in [-0.3, -0.25) is 9.78 Å². The second-order valence-electron chi connectivity index (χ2n) is 6.54. The standard InChI is InChI=1S/C18H21FN6O2/c19-15-9-14(11-20-12-15)18(26)25-3-1-24(2-4-25)17-10-16(13-21-22-17)23-5-7-27-8-6-23/h9-13H,1-8H2. The van der Waals surface area contributed by atoms with Crippen molar-refractivity contribution in [2.24, 2.45) is 0 Å². The molecule has 2 aromatic rings. The molecule has 2 saturated heterocycles. The van der Waals surface area contributed by atoms with Crippen LogP contribution in [0.5, 0.6) is 0 Å². The molecular formula is C18H21FN6O2. The van der Waals surface area contributed by atoms with Crippen LogP contribution in [0.25, 0.3) is 0 Å². The van der Waals surface area contributed by atoms with Crippen LogP contribution < -0.4 is 9.80 Å².